The molecule has 2 aromatic heterocycles. The van der Waals surface area contributed by atoms with Crippen LogP contribution in [0, 0.1) is 0 Å². The van der Waals surface area contributed by atoms with Gasteiger partial charge in [0.15, 0.2) is 11.5 Å². The van der Waals surface area contributed by atoms with E-state index >= 15 is 0 Å². The number of aromatic carboxylic acids is 1. The van der Waals surface area contributed by atoms with Crippen LogP contribution in [0.2, 0.25) is 0 Å². The van der Waals surface area contributed by atoms with Gasteiger partial charge >= 0.3 is 5.97 Å². The van der Waals surface area contributed by atoms with E-state index in [9.17, 15) is 9.90 Å². The van der Waals surface area contributed by atoms with Crippen molar-refractivity contribution in [3.8, 4) is 22.1 Å². The average molecular weight is 272 g/mol. The van der Waals surface area contributed by atoms with Gasteiger partial charge in [0.2, 0.25) is 5.89 Å². The molecule has 19 heavy (non-hydrogen) atoms. The van der Waals surface area contributed by atoms with Crippen LogP contribution in [0.4, 0.5) is 0 Å². The average Bonchev–Trinajstić information content (AvgIpc) is 3.08. The summed E-state index contributed by atoms with van der Waals surface area (Å²) in [5.41, 5.74) is 2.26. The van der Waals surface area contributed by atoms with Crippen molar-refractivity contribution in [1.82, 2.24) is 9.97 Å². The van der Waals surface area contributed by atoms with Gasteiger partial charge in [-0.15, -0.1) is 11.3 Å². The van der Waals surface area contributed by atoms with Crippen molar-refractivity contribution in [1.29, 1.82) is 0 Å². The molecule has 0 fully saturated rings. The molecule has 3 aromatic rings. The van der Waals surface area contributed by atoms with Crippen LogP contribution < -0.4 is 0 Å². The van der Waals surface area contributed by atoms with Crippen molar-refractivity contribution in [2.75, 3.05) is 0 Å². The lowest BCUT2D eigenvalue weighted by atomic mass is 10.2. The first-order chi connectivity index (χ1) is 9.25. The fourth-order valence-corrected chi connectivity index (χ4v) is 2.27. The topological polar surface area (TPSA) is 76.2 Å². The van der Waals surface area contributed by atoms with Gasteiger partial charge in [-0.05, 0) is 12.1 Å². The molecule has 6 heteroatoms. The molecule has 0 atom stereocenters. The normalized spacial score (nSPS) is 10.5. The lowest BCUT2D eigenvalue weighted by Crippen LogP contribution is -1.98. The quantitative estimate of drug-likeness (QED) is 0.792. The number of carboxylic acid groups (broad SMARTS) is 1. The third kappa shape index (κ3) is 2.13. The molecule has 1 N–H and O–H groups in total. The minimum absolute atomic E-state index is 0.0943. The number of carboxylic acids is 1. The summed E-state index contributed by atoms with van der Waals surface area (Å²) in [4.78, 5) is 19.8. The summed E-state index contributed by atoms with van der Waals surface area (Å²) in [6, 6.07) is 9.18. The molecular formula is C13H8N2O3S. The van der Waals surface area contributed by atoms with E-state index in [1.807, 2.05) is 30.3 Å². The van der Waals surface area contributed by atoms with E-state index in [4.69, 9.17) is 4.42 Å². The maximum Gasteiger partial charge on any atom is 0.358 e. The molecule has 0 aliphatic heterocycles. The SMILES string of the molecule is O=C(O)c1nc(-c2ccccc2)oc1-c1cncs1. The van der Waals surface area contributed by atoms with Crippen LogP contribution in [-0.4, -0.2) is 21.0 Å². The van der Waals surface area contributed by atoms with Crippen LogP contribution in [0.5, 0.6) is 0 Å². The summed E-state index contributed by atoms with van der Waals surface area (Å²) in [7, 11) is 0. The first kappa shape index (κ1) is 11.6. The highest BCUT2D eigenvalue weighted by Gasteiger charge is 2.22. The summed E-state index contributed by atoms with van der Waals surface area (Å²) in [6.07, 6.45) is 1.56. The number of hydrogen-bond donors (Lipinski definition) is 1. The molecule has 0 radical (unpaired) electrons. The molecule has 0 saturated heterocycles. The van der Waals surface area contributed by atoms with Crippen LogP contribution in [0.3, 0.4) is 0 Å². The Balaban J connectivity index is 2.15. The Hall–Kier alpha value is -2.47. The zero-order valence-corrected chi connectivity index (χ0v) is 10.4. The highest BCUT2D eigenvalue weighted by Crippen LogP contribution is 2.31. The summed E-state index contributed by atoms with van der Waals surface area (Å²) >= 11 is 1.31. The second kappa shape index (κ2) is 4.66. The highest BCUT2D eigenvalue weighted by atomic mass is 32.1. The van der Waals surface area contributed by atoms with Gasteiger partial charge in [-0.2, -0.15) is 0 Å². The van der Waals surface area contributed by atoms with Gasteiger partial charge in [0.25, 0.3) is 0 Å². The Morgan fingerprint density at radius 1 is 1.26 bits per heavy atom. The minimum Gasteiger partial charge on any atom is -0.476 e. The number of nitrogens with zero attached hydrogens (tertiary/aromatic N) is 2. The maximum atomic E-state index is 11.2. The zero-order valence-electron chi connectivity index (χ0n) is 9.61. The highest BCUT2D eigenvalue weighted by molar-refractivity contribution is 7.13. The number of rotatable bonds is 3. The lowest BCUT2D eigenvalue weighted by Gasteiger charge is -1.93. The summed E-state index contributed by atoms with van der Waals surface area (Å²) < 4.78 is 5.58. The fourth-order valence-electron chi connectivity index (χ4n) is 1.66. The molecule has 1 aromatic carbocycles. The number of hydrogen-bond acceptors (Lipinski definition) is 5. The molecule has 0 aliphatic carbocycles. The van der Waals surface area contributed by atoms with E-state index in [-0.39, 0.29) is 11.5 Å². The van der Waals surface area contributed by atoms with E-state index in [0.717, 1.165) is 5.56 Å². The predicted octanol–water partition coefficient (Wildman–Crippen LogP) is 3.16. The van der Waals surface area contributed by atoms with E-state index in [1.165, 1.54) is 11.3 Å². The second-order valence-corrected chi connectivity index (χ2v) is 4.62. The maximum absolute atomic E-state index is 11.2. The standard InChI is InChI=1S/C13H8N2O3S/c16-13(17)10-11(9-6-14-7-19-9)18-12(15-10)8-4-2-1-3-5-8/h1-7H,(H,16,17). The number of benzene rings is 1. The number of thiazole rings is 1. The van der Waals surface area contributed by atoms with Gasteiger partial charge in [0, 0.05) is 11.8 Å². The lowest BCUT2D eigenvalue weighted by molar-refractivity contribution is 0.0691. The molecule has 3 rings (SSSR count). The number of carbonyl (C=O) groups is 1. The van der Waals surface area contributed by atoms with Crippen LogP contribution in [-0.2, 0) is 0 Å². The largest absolute Gasteiger partial charge is 0.476 e. The predicted molar refractivity (Wildman–Crippen MR) is 70.0 cm³/mol. The van der Waals surface area contributed by atoms with Crippen molar-refractivity contribution >= 4 is 17.3 Å². The van der Waals surface area contributed by atoms with E-state index in [2.05, 4.69) is 9.97 Å². The van der Waals surface area contributed by atoms with Gasteiger partial charge in [0.05, 0.1) is 10.4 Å². The number of aromatic nitrogens is 2. The summed E-state index contributed by atoms with van der Waals surface area (Å²) in [5, 5.41) is 9.19. The van der Waals surface area contributed by atoms with Gasteiger partial charge in [-0.1, -0.05) is 18.2 Å². The molecule has 0 amide bonds. The van der Waals surface area contributed by atoms with Crippen LogP contribution in [0.1, 0.15) is 10.5 Å². The molecule has 0 unspecified atom stereocenters. The van der Waals surface area contributed by atoms with E-state index in [1.54, 1.807) is 11.7 Å². The van der Waals surface area contributed by atoms with Gasteiger partial charge in [0.1, 0.15) is 0 Å². The molecule has 0 bridgehead atoms. The Labute approximate surface area is 112 Å². The molecule has 0 spiro atoms. The van der Waals surface area contributed by atoms with E-state index in [0.29, 0.717) is 10.8 Å². The Morgan fingerprint density at radius 2 is 2.05 bits per heavy atom. The van der Waals surface area contributed by atoms with Crippen LogP contribution in [0.25, 0.3) is 22.1 Å². The summed E-state index contributed by atoms with van der Waals surface area (Å²) in [6.45, 7) is 0. The van der Waals surface area contributed by atoms with Crippen molar-refractivity contribution in [2.45, 2.75) is 0 Å². The Kier molecular flexibility index (Phi) is 2.85. The summed E-state index contributed by atoms with van der Waals surface area (Å²) in [5.74, 6) is -0.579. The van der Waals surface area contributed by atoms with Crippen LogP contribution in [0.15, 0.2) is 46.5 Å². The smallest absolute Gasteiger partial charge is 0.358 e. The Bertz CT molecular complexity index is 705. The second-order valence-electron chi connectivity index (χ2n) is 3.73. The van der Waals surface area contributed by atoms with Crippen LogP contribution >= 0.6 is 11.3 Å². The molecule has 0 saturated carbocycles. The first-order valence-corrected chi connectivity index (χ1v) is 6.32. The van der Waals surface area contributed by atoms with Crippen molar-refractivity contribution in [3.05, 3.63) is 47.7 Å². The third-order valence-electron chi connectivity index (χ3n) is 2.51. The van der Waals surface area contributed by atoms with Crippen molar-refractivity contribution in [2.24, 2.45) is 0 Å². The van der Waals surface area contributed by atoms with Gasteiger partial charge in [-0.25, -0.2) is 9.78 Å². The molecule has 0 aliphatic rings. The van der Waals surface area contributed by atoms with Crippen molar-refractivity contribution < 1.29 is 14.3 Å². The fraction of sp³-hybridized carbons (Fsp3) is 0. The monoisotopic (exact) mass is 272 g/mol. The zero-order chi connectivity index (χ0) is 13.2. The van der Waals surface area contributed by atoms with Gasteiger partial charge < -0.3 is 9.52 Å². The van der Waals surface area contributed by atoms with E-state index < -0.39 is 5.97 Å². The molecule has 5 nitrogen and oxygen atoms in total. The van der Waals surface area contributed by atoms with Crippen molar-refractivity contribution in [3.63, 3.8) is 0 Å². The Morgan fingerprint density at radius 3 is 2.68 bits per heavy atom. The number of oxazole rings is 1. The molecule has 94 valence electrons. The minimum atomic E-state index is -1.12. The van der Waals surface area contributed by atoms with Gasteiger partial charge in [-0.3, -0.25) is 4.98 Å². The first-order valence-electron chi connectivity index (χ1n) is 5.44. The molecular weight excluding hydrogens is 264 g/mol. The molecule has 2 heterocycles. The third-order valence-corrected chi connectivity index (χ3v) is 3.28.